The molecule has 0 unspecified atom stereocenters. The first-order valence-corrected chi connectivity index (χ1v) is 7.07. The molecule has 0 aliphatic heterocycles. The fourth-order valence-electron chi connectivity index (χ4n) is 1.40. The lowest BCUT2D eigenvalue weighted by Gasteiger charge is -2.14. The second-order valence-electron chi connectivity index (χ2n) is 4.05. The summed E-state index contributed by atoms with van der Waals surface area (Å²) in [5.41, 5.74) is 6.72. The van der Waals surface area contributed by atoms with E-state index in [9.17, 15) is 17.2 Å². The van der Waals surface area contributed by atoms with Crippen LogP contribution in [0.25, 0.3) is 0 Å². The number of halogens is 2. The second-order valence-corrected chi connectivity index (χ2v) is 5.82. The molecule has 0 radical (unpaired) electrons. The zero-order valence-electron chi connectivity index (χ0n) is 10.4. The van der Waals surface area contributed by atoms with E-state index in [-0.39, 0.29) is 4.90 Å². The molecule has 8 heteroatoms. The molecule has 0 heterocycles. The highest BCUT2D eigenvalue weighted by Crippen LogP contribution is 2.19. The Balaban J connectivity index is 2.92. The van der Waals surface area contributed by atoms with Gasteiger partial charge in [-0.1, -0.05) is 13.0 Å². The molecule has 0 saturated carbocycles. The van der Waals surface area contributed by atoms with Crippen molar-refractivity contribution in [3.05, 3.63) is 23.8 Å². The number of rotatable bonds is 6. The fourth-order valence-corrected chi connectivity index (χ4v) is 2.50. The van der Waals surface area contributed by atoms with Crippen molar-refractivity contribution in [2.24, 2.45) is 0 Å². The molecule has 0 aliphatic rings. The van der Waals surface area contributed by atoms with E-state index in [0.717, 1.165) is 5.56 Å². The van der Waals surface area contributed by atoms with Crippen LogP contribution in [0.1, 0.15) is 12.5 Å². The number of anilines is 1. The summed E-state index contributed by atoms with van der Waals surface area (Å²) in [5.74, 6) is -3.50. The molecular weight excluding hydrogens is 278 g/mol. The van der Waals surface area contributed by atoms with Gasteiger partial charge in [-0.3, -0.25) is 0 Å². The SMILES string of the molecule is CCc1ccc(S(=O)(=O)NCC(F)(F)CO)cc1N. The lowest BCUT2D eigenvalue weighted by Crippen LogP contribution is -2.38. The molecule has 0 amide bonds. The van der Waals surface area contributed by atoms with E-state index in [2.05, 4.69) is 0 Å². The average molecular weight is 294 g/mol. The van der Waals surface area contributed by atoms with Gasteiger partial charge in [-0.2, -0.15) is 0 Å². The van der Waals surface area contributed by atoms with Gasteiger partial charge in [-0.25, -0.2) is 21.9 Å². The highest BCUT2D eigenvalue weighted by molar-refractivity contribution is 7.89. The quantitative estimate of drug-likeness (QED) is 0.675. The summed E-state index contributed by atoms with van der Waals surface area (Å²) in [6, 6.07) is 4.06. The van der Waals surface area contributed by atoms with E-state index in [1.54, 1.807) is 4.72 Å². The average Bonchev–Trinajstić information content (AvgIpc) is 2.36. The van der Waals surface area contributed by atoms with Crippen molar-refractivity contribution in [1.29, 1.82) is 0 Å². The van der Waals surface area contributed by atoms with Crippen molar-refractivity contribution in [3.8, 4) is 0 Å². The van der Waals surface area contributed by atoms with Gasteiger partial charge in [0.05, 0.1) is 11.4 Å². The molecule has 1 rings (SSSR count). The molecule has 1 aromatic carbocycles. The molecule has 0 fully saturated rings. The molecular formula is C11H16F2N2O3S. The standard InChI is InChI=1S/C11H16F2N2O3S/c1-2-8-3-4-9(5-10(8)14)19(17,18)15-6-11(12,13)7-16/h3-5,15-16H,2,6-7,14H2,1H3. The van der Waals surface area contributed by atoms with Crippen LogP contribution in [-0.2, 0) is 16.4 Å². The van der Waals surface area contributed by atoms with Crippen molar-refractivity contribution in [2.75, 3.05) is 18.9 Å². The Morgan fingerprint density at radius 3 is 2.53 bits per heavy atom. The number of aliphatic hydroxyl groups is 1. The van der Waals surface area contributed by atoms with Gasteiger partial charge in [0.25, 0.3) is 5.92 Å². The number of aryl methyl sites for hydroxylation is 1. The zero-order chi connectivity index (χ0) is 14.7. The third-order valence-electron chi connectivity index (χ3n) is 2.56. The predicted molar refractivity (Wildman–Crippen MR) is 67.5 cm³/mol. The number of alkyl halides is 2. The molecule has 0 aromatic heterocycles. The van der Waals surface area contributed by atoms with Crippen LogP contribution in [0.3, 0.4) is 0 Å². The fraction of sp³-hybridized carbons (Fsp3) is 0.455. The Bertz CT molecular complexity index is 547. The number of nitrogen functional groups attached to an aromatic ring is 1. The summed E-state index contributed by atoms with van der Waals surface area (Å²) in [6.07, 6.45) is 0.641. The first kappa shape index (κ1) is 15.8. The third-order valence-corrected chi connectivity index (χ3v) is 3.96. The normalized spacial score (nSPS) is 12.6. The largest absolute Gasteiger partial charge is 0.398 e. The highest BCUT2D eigenvalue weighted by Gasteiger charge is 2.30. The van der Waals surface area contributed by atoms with Gasteiger partial charge in [0.15, 0.2) is 0 Å². The zero-order valence-corrected chi connectivity index (χ0v) is 11.2. The van der Waals surface area contributed by atoms with Crippen LogP contribution in [0.15, 0.2) is 23.1 Å². The Morgan fingerprint density at radius 2 is 2.05 bits per heavy atom. The predicted octanol–water partition coefficient (Wildman–Crippen LogP) is 0.737. The van der Waals surface area contributed by atoms with Crippen LogP contribution in [0.5, 0.6) is 0 Å². The van der Waals surface area contributed by atoms with Crippen molar-refractivity contribution >= 4 is 15.7 Å². The van der Waals surface area contributed by atoms with Crippen molar-refractivity contribution in [3.63, 3.8) is 0 Å². The summed E-state index contributed by atoms with van der Waals surface area (Å²) in [7, 11) is -4.07. The summed E-state index contributed by atoms with van der Waals surface area (Å²) in [6.45, 7) is -0.729. The number of hydrogen-bond donors (Lipinski definition) is 3. The van der Waals surface area contributed by atoms with E-state index in [4.69, 9.17) is 10.8 Å². The maximum Gasteiger partial charge on any atom is 0.283 e. The third kappa shape index (κ3) is 4.12. The molecule has 0 bridgehead atoms. The van der Waals surface area contributed by atoms with Crippen molar-refractivity contribution < 1.29 is 22.3 Å². The lowest BCUT2D eigenvalue weighted by atomic mass is 10.1. The summed E-state index contributed by atoms with van der Waals surface area (Å²) in [4.78, 5) is -0.184. The van der Waals surface area contributed by atoms with Gasteiger partial charge < -0.3 is 10.8 Å². The van der Waals surface area contributed by atoms with E-state index in [0.29, 0.717) is 12.1 Å². The van der Waals surface area contributed by atoms with Crippen LogP contribution < -0.4 is 10.5 Å². The van der Waals surface area contributed by atoms with E-state index in [1.165, 1.54) is 18.2 Å². The molecule has 0 aliphatic carbocycles. The molecule has 1 aromatic rings. The number of nitrogens with two attached hydrogens (primary N) is 1. The first-order chi connectivity index (χ1) is 8.72. The summed E-state index contributed by atoms with van der Waals surface area (Å²) in [5, 5.41) is 8.37. The number of nitrogens with one attached hydrogen (secondary N) is 1. The van der Waals surface area contributed by atoms with Crippen LogP contribution >= 0.6 is 0 Å². The number of benzene rings is 1. The number of hydrogen-bond acceptors (Lipinski definition) is 4. The van der Waals surface area contributed by atoms with Crippen molar-refractivity contribution in [2.45, 2.75) is 24.2 Å². The smallest absolute Gasteiger partial charge is 0.283 e. The molecule has 19 heavy (non-hydrogen) atoms. The molecule has 108 valence electrons. The Labute approximate surface area is 110 Å². The molecule has 0 saturated heterocycles. The minimum atomic E-state index is -4.07. The van der Waals surface area contributed by atoms with E-state index in [1.807, 2.05) is 6.92 Å². The van der Waals surface area contributed by atoms with Crippen LogP contribution in [-0.4, -0.2) is 32.6 Å². The van der Waals surface area contributed by atoms with Crippen LogP contribution in [0.2, 0.25) is 0 Å². The Kier molecular flexibility index (Phi) is 4.83. The van der Waals surface area contributed by atoms with E-state index >= 15 is 0 Å². The molecule has 5 nitrogen and oxygen atoms in total. The maximum atomic E-state index is 12.8. The molecule has 4 N–H and O–H groups in total. The van der Waals surface area contributed by atoms with Gasteiger partial charge in [0, 0.05) is 5.69 Å². The summed E-state index contributed by atoms with van der Waals surface area (Å²) >= 11 is 0. The molecule has 0 spiro atoms. The minimum absolute atomic E-state index is 0.184. The Hall–Kier alpha value is -1.25. The molecule has 0 atom stereocenters. The van der Waals surface area contributed by atoms with Gasteiger partial charge in [0.2, 0.25) is 10.0 Å². The van der Waals surface area contributed by atoms with Crippen molar-refractivity contribution in [1.82, 2.24) is 4.72 Å². The second kappa shape index (κ2) is 5.81. The topological polar surface area (TPSA) is 92.4 Å². The summed E-state index contributed by atoms with van der Waals surface area (Å²) < 4.78 is 50.9. The van der Waals surface area contributed by atoms with Gasteiger partial charge in [-0.05, 0) is 24.1 Å². The maximum absolute atomic E-state index is 12.8. The monoisotopic (exact) mass is 294 g/mol. The van der Waals surface area contributed by atoms with Gasteiger partial charge in [0.1, 0.15) is 6.61 Å². The number of sulfonamides is 1. The van der Waals surface area contributed by atoms with Crippen LogP contribution in [0, 0.1) is 0 Å². The number of aliphatic hydroxyl groups excluding tert-OH is 1. The van der Waals surface area contributed by atoms with Gasteiger partial charge in [-0.15, -0.1) is 0 Å². The lowest BCUT2D eigenvalue weighted by molar-refractivity contribution is -0.0437. The van der Waals surface area contributed by atoms with Gasteiger partial charge >= 0.3 is 0 Å². The minimum Gasteiger partial charge on any atom is -0.398 e. The van der Waals surface area contributed by atoms with E-state index < -0.39 is 29.1 Å². The first-order valence-electron chi connectivity index (χ1n) is 5.58. The highest BCUT2D eigenvalue weighted by atomic mass is 32.2. The van der Waals surface area contributed by atoms with Crippen LogP contribution in [0.4, 0.5) is 14.5 Å². The Morgan fingerprint density at radius 1 is 1.42 bits per heavy atom.